The Morgan fingerprint density at radius 3 is 2.46 bits per heavy atom. The number of nitrogens with zero attached hydrogens (tertiary/aromatic N) is 1. The Morgan fingerprint density at radius 1 is 1.17 bits per heavy atom. The summed E-state index contributed by atoms with van der Waals surface area (Å²) in [4.78, 5) is 14.4. The fourth-order valence-electron chi connectivity index (χ4n) is 2.96. The second-order valence-electron chi connectivity index (χ2n) is 7.45. The van der Waals surface area contributed by atoms with Gasteiger partial charge in [0.25, 0.3) is 0 Å². The van der Waals surface area contributed by atoms with Crippen molar-refractivity contribution >= 4 is 17.3 Å². The molecule has 1 fully saturated rings. The standard InChI is InChI=1S/C20H33N3O/c1-16(2)8-12-21-13-9-20(24)22-18-4-6-19(7-5-18)23-14-10-17(3)11-15-23/h4-7,16-17,21H,8-15H2,1-3H3,(H,22,24). The highest BCUT2D eigenvalue weighted by atomic mass is 16.1. The van der Waals surface area contributed by atoms with Crippen molar-refractivity contribution in [1.29, 1.82) is 0 Å². The molecule has 4 nitrogen and oxygen atoms in total. The minimum Gasteiger partial charge on any atom is -0.372 e. The average molecular weight is 332 g/mol. The van der Waals surface area contributed by atoms with Crippen molar-refractivity contribution in [3.05, 3.63) is 24.3 Å². The van der Waals surface area contributed by atoms with Gasteiger partial charge in [0.1, 0.15) is 0 Å². The zero-order valence-corrected chi connectivity index (χ0v) is 15.5. The molecule has 1 aromatic carbocycles. The fourth-order valence-corrected chi connectivity index (χ4v) is 2.96. The van der Waals surface area contributed by atoms with Gasteiger partial charge in [0.15, 0.2) is 0 Å². The molecule has 1 saturated heterocycles. The van der Waals surface area contributed by atoms with Gasteiger partial charge in [0.05, 0.1) is 0 Å². The molecule has 2 rings (SSSR count). The molecule has 0 atom stereocenters. The molecule has 1 aromatic rings. The molecule has 4 heteroatoms. The molecule has 0 radical (unpaired) electrons. The van der Waals surface area contributed by atoms with E-state index in [1.165, 1.54) is 18.5 Å². The van der Waals surface area contributed by atoms with Gasteiger partial charge in [0.2, 0.25) is 5.91 Å². The number of hydrogen-bond acceptors (Lipinski definition) is 3. The van der Waals surface area contributed by atoms with Gasteiger partial charge in [0, 0.05) is 37.4 Å². The Balaban J connectivity index is 1.70. The van der Waals surface area contributed by atoms with Crippen LogP contribution in [-0.2, 0) is 4.79 Å². The van der Waals surface area contributed by atoms with E-state index in [1.54, 1.807) is 0 Å². The van der Waals surface area contributed by atoms with Gasteiger partial charge < -0.3 is 15.5 Å². The fraction of sp³-hybridized carbons (Fsp3) is 0.650. The number of nitrogens with one attached hydrogen (secondary N) is 2. The molecule has 0 unspecified atom stereocenters. The van der Waals surface area contributed by atoms with Gasteiger partial charge in [-0.1, -0.05) is 20.8 Å². The van der Waals surface area contributed by atoms with E-state index in [9.17, 15) is 4.79 Å². The Hall–Kier alpha value is -1.55. The molecule has 1 amide bonds. The van der Waals surface area contributed by atoms with Crippen molar-refractivity contribution in [1.82, 2.24) is 5.32 Å². The lowest BCUT2D eigenvalue weighted by Crippen LogP contribution is -2.32. The van der Waals surface area contributed by atoms with Crippen molar-refractivity contribution in [3.8, 4) is 0 Å². The van der Waals surface area contributed by atoms with E-state index in [-0.39, 0.29) is 5.91 Å². The maximum atomic E-state index is 12.0. The molecule has 1 aliphatic rings. The summed E-state index contributed by atoms with van der Waals surface area (Å²) >= 11 is 0. The van der Waals surface area contributed by atoms with Crippen LogP contribution in [0.4, 0.5) is 11.4 Å². The van der Waals surface area contributed by atoms with Gasteiger partial charge in [-0.2, -0.15) is 0 Å². The average Bonchev–Trinajstić information content (AvgIpc) is 2.56. The molecule has 0 spiro atoms. The van der Waals surface area contributed by atoms with E-state index in [4.69, 9.17) is 0 Å². The Morgan fingerprint density at radius 2 is 1.83 bits per heavy atom. The first-order valence-electron chi connectivity index (χ1n) is 9.40. The second-order valence-corrected chi connectivity index (χ2v) is 7.45. The van der Waals surface area contributed by atoms with Crippen LogP contribution in [0, 0.1) is 11.8 Å². The molecular weight excluding hydrogens is 298 g/mol. The smallest absolute Gasteiger partial charge is 0.225 e. The SMILES string of the molecule is CC(C)CCNCCC(=O)Nc1ccc(N2CCC(C)CC2)cc1. The predicted octanol–water partition coefficient (Wildman–Crippen LogP) is 3.89. The van der Waals surface area contributed by atoms with Gasteiger partial charge in [-0.3, -0.25) is 4.79 Å². The molecule has 2 N–H and O–H groups in total. The first-order valence-corrected chi connectivity index (χ1v) is 9.40. The number of piperidine rings is 1. The van der Waals surface area contributed by atoms with Crippen molar-refractivity contribution < 1.29 is 4.79 Å². The molecule has 24 heavy (non-hydrogen) atoms. The van der Waals surface area contributed by atoms with Crippen LogP contribution >= 0.6 is 0 Å². The minimum absolute atomic E-state index is 0.0756. The van der Waals surface area contributed by atoms with E-state index >= 15 is 0 Å². The van der Waals surface area contributed by atoms with Gasteiger partial charge >= 0.3 is 0 Å². The van der Waals surface area contributed by atoms with Gasteiger partial charge in [-0.15, -0.1) is 0 Å². The maximum Gasteiger partial charge on any atom is 0.225 e. The first kappa shape index (κ1) is 18.8. The minimum atomic E-state index is 0.0756. The lowest BCUT2D eigenvalue weighted by atomic mass is 9.99. The summed E-state index contributed by atoms with van der Waals surface area (Å²) in [5.41, 5.74) is 2.14. The van der Waals surface area contributed by atoms with Crippen molar-refractivity contribution in [3.63, 3.8) is 0 Å². The predicted molar refractivity (Wildman–Crippen MR) is 103 cm³/mol. The monoisotopic (exact) mass is 331 g/mol. The Bertz CT molecular complexity index is 490. The third-order valence-corrected chi connectivity index (χ3v) is 4.73. The lowest BCUT2D eigenvalue weighted by Gasteiger charge is -2.32. The van der Waals surface area contributed by atoms with Crippen molar-refractivity contribution in [2.24, 2.45) is 11.8 Å². The van der Waals surface area contributed by atoms with Crippen LogP contribution in [0.15, 0.2) is 24.3 Å². The summed E-state index contributed by atoms with van der Waals surface area (Å²) < 4.78 is 0. The molecule has 134 valence electrons. The van der Waals surface area contributed by atoms with Crippen LogP contribution in [0.5, 0.6) is 0 Å². The Labute approximate surface area is 147 Å². The molecule has 0 saturated carbocycles. The quantitative estimate of drug-likeness (QED) is 0.710. The number of carbonyl (C=O) groups is 1. The van der Waals surface area contributed by atoms with Gasteiger partial charge in [-0.25, -0.2) is 0 Å². The van der Waals surface area contributed by atoms with Crippen LogP contribution in [-0.4, -0.2) is 32.1 Å². The largest absolute Gasteiger partial charge is 0.372 e. The number of amides is 1. The third kappa shape index (κ3) is 6.52. The number of benzene rings is 1. The summed E-state index contributed by atoms with van der Waals surface area (Å²) in [7, 11) is 0. The highest BCUT2D eigenvalue weighted by Gasteiger charge is 2.15. The van der Waals surface area contributed by atoms with E-state index in [1.807, 2.05) is 12.1 Å². The zero-order valence-electron chi connectivity index (χ0n) is 15.5. The molecule has 0 aliphatic carbocycles. The number of carbonyl (C=O) groups excluding carboxylic acids is 1. The van der Waals surface area contributed by atoms with Crippen molar-refractivity contribution in [2.45, 2.75) is 46.5 Å². The third-order valence-electron chi connectivity index (χ3n) is 4.73. The zero-order chi connectivity index (χ0) is 17.4. The summed E-state index contributed by atoms with van der Waals surface area (Å²) in [6.45, 7) is 10.7. The topological polar surface area (TPSA) is 44.4 Å². The molecule has 1 heterocycles. The highest BCUT2D eigenvalue weighted by Crippen LogP contribution is 2.24. The van der Waals surface area contributed by atoms with Crippen LogP contribution in [0.3, 0.4) is 0 Å². The normalized spacial score (nSPS) is 15.8. The summed E-state index contributed by atoms with van der Waals surface area (Å²) in [6, 6.07) is 8.26. The Kier molecular flexibility index (Phi) is 7.57. The van der Waals surface area contributed by atoms with Gasteiger partial charge in [-0.05, 0) is 61.9 Å². The lowest BCUT2D eigenvalue weighted by molar-refractivity contribution is -0.116. The van der Waals surface area contributed by atoms with E-state index in [0.717, 1.165) is 44.2 Å². The van der Waals surface area contributed by atoms with E-state index in [2.05, 4.69) is 48.4 Å². The number of anilines is 2. The van der Waals surface area contributed by atoms with E-state index < -0.39 is 0 Å². The van der Waals surface area contributed by atoms with Crippen molar-refractivity contribution in [2.75, 3.05) is 36.4 Å². The van der Waals surface area contributed by atoms with Crippen LogP contribution in [0.1, 0.15) is 46.5 Å². The first-order chi connectivity index (χ1) is 11.5. The van der Waals surface area contributed by atoms with Crippen LogP contribution < -0.4 is 15.5 Å². The molecule has 1 aliphatic heterocycles. The van der Waals surface area contributed by atoms with Crippen LogP contribution in [0.25, 0.3) is 0 Å². The highest BCUT2D eigenvalue weighted by molar-refractivity contribution is 5.91. The summed E-state index contributed by atoms with van der Waals surface area (Å²) in [5.74, 6) is 1.62. The summed E-state index contributed by atoms with van der Waals surface area (Å²) in [5, 5.41) is 6.30. The molecular formula is C20H33N3O. The van der Waals surface area contributed by atoms with E-state index in [0.29, 0.717) is 12.3 Å². The summed E-state index contributed by atoms with van der Waals surface area (Å²) in [6.07, 6.45) is 4.20. The second kappa shape index (κ2) is 9.67. The number of hydrogen-bond donors (Lipinski definition) is 2. The maximum absolute atomic E-state index is 12.0. The number of rotatable bonds is 8. The van der Waals surface area contributed by atoms with Crippen LogP contribution in [0.2, 0.25) is 0 Å². The molecule has 0 aromatic heterocycles. The molecule has 0 bridgehead atoms.